The zero-order chi connectivity index (χ0) is 11.8. The number of nitrogens with one attached hydrogen (secondary N) is 2. The predicted molar refractivity (Wildman–Crippen MR) is 63.5 cm³/mol. The smallest absolute Gasteiger partial charge is 0.314 e. The Bertz CT molecular complexity index is 340. The maximum Gasteiger partial charge on any atom is 0.314 e. The summed E-state index contributed by atoms with van der Waals surface area (Å²) in [7, 11) is 0. The van der Waals surface area contributed by atoms with Crippen LogP contribution in [0.4, 0.5) is 4.79 Å². The highest BCUT2D eigenvalue weighted by atomic mass is 16.3. The second-order valence-corrected chi connectivity index (χ2v) is 3.56. The first kappa shape index (κ1) is 12.4. The zero-order valence-electron chi connectivity index (χ0n) is 9.49. The quantitative estimate of drug-likeness (QED) is 0.709. The normalized spacial score (nSPS) is 9.81. The van der Waals surface area contributed by atoms with E-state index in [1.165, 1.54) is 0 Å². The van der Waals surface area contributed by atoms with Gasteiger partial charge in [-0.3, -0.25) is 0 Å². The molecule has 0 radical (unpaired) electrons. The van der Waals surface area contributed by atoms with Crippen LogP contribution in [0.1, 0.15) is 18.9 Å². The number of urea groups is 1. The Morgan fingerprint density at radius 2 is 1.94 bits per heavy atom. The third-order valence-corrected chi connectivity index (χ3v) is 2.21. The van der Waals surface area contributed by atoms with Crippen LogP contribution in [0.3, 0.4) is 0 Å². The first-order chi connectivity index (χ1) is 7.74. The summed E-state index contributed by atoms with van der Waals surface area (Å²) in [4.78, 5) is 11.2. The summed E-state index contributed by atoms with van der Waals surface area (Å²) < 4.78 is 0. The Morgan fingerprint density at radius 1 is 1.25 bits per heavy atom. The van der Waals surface area contributed by atoms with Crippen molar-refractivity contribution in [3.63, 3.8) is 0 Å². The molecule has 0 aliphatic heterocycles. The highest BCUT2D eigenvalue weighted by molar-refractivity contribution is 5.73. The number of hydrogen-bond acceptors (Lipinski definition) is 2. The van der Waals surface area contributed by atoms with E-state index < -0.39 is 0 Å². The Labute approximate surface area is 95.7 Å². The lowest BCUT2D eigenvalue weighted by molar-refractivity contribution is 0.241. The molecular formula is C12H18N2O2. The molecule has 0 saturated heterocycles. The van der Waals surface area contributed by atoms with Gasteiger partial charge in [-0.15, -0.1) is 0 Å². The van der Waals surface area contributed by atoms with E-state index in [0.717, 1.165) is 12.0 Å². The molecule has 2 amide bonds. The summed E-state index contributed by atoms with van der Waals surface area (Å²) in [5, 5.41) is 14.9. The average molecular weight is 222 g/mol. The van der Waals surface area contributed by atoms with Gasteiger partial charge < -0.3 is 15.7 Å². The van der Waals surface area contributed by atoms with Gasteiger partial charge in [-0.05, 0) is 24.5 Å². The molecular weight excluding hydrogens is 204 g/mol. The number of amides is 2. The monoisotopic (exact) mass is 222 g/mol. The predicted octanol–water partition coefficient (Wildman–Crippen LogP) is 1.64. The van der Waals surface area contributed by atoms with Gasteiger partial charge in [0.15, 0.2) is 0 Å². The van der Waals surface area contributed by atoms with Crippen molar-refractivity contribution in [2.75, 3.05) is 13.1 Å². The van der Waals surface area contributed by atoms with Crippen LogP contribution in [-0.4, -0.2) is 24.2 Å². The van der Waals surface area contributed by atoms with Crippen LogP contribution >= 0.6 is 0 Å². The van der Waals surface area contributed by atoms with Crippen molar-refractivity contribution in [1.82, 2.24) is 10.6 Å². The van der Waals surface area contributed by atoms with Crippen LogP contribution < -0.4 is 10.6 Å². The number of para-hydroxylation sites is 1. The van der Waals surface area contributed by atoms with Crippen LogP contribution in [0.15, 0.2) is 24.3 Å². The Hall–Kier alpha value is -1.71. The van der Waals surface area contributed by atoms with Gasteiger partial charge in [0.1, 0.15) is 5.75 Å². The van der Waals surface area contributed by atoms with Crippen LogP contribution in [-0.2, 0) is 6.42 Å². The number of aromatic hydroxyl groups is 1. The maximum atomic E-state index is 11.2. The third kappa shape index (κ3) is 4.21. The molecule has 16 heavy (non-hydrogen) atoms. The average Bonchev–Trinajstić information content (AvgIpc) is 2.29. The van der Waals surface area contributed by atoms with E-state index in [0.29, 0.717) is 19.5 Å². The first-order valence-electron chi connectivity index (χ1n) is 5.52. The van der Waals surface area contributed by atoms with Crippen LogP contribution in [0, 0.1) is 0 Å². The topological polar surface area (TPSA) is 61.4 Å². The van der Waals surface area contributed by atoms with Crippen LogP contribution in [0.5, 0.6) is 5.75 Å². The standard InChI is InChI=1S/C12H18N2O2/c1-2-8-13-12(16)14-9-7-10-5-3-4-6-11(10)15/h3-6,15H,2,7-9H2,1H3,(H2,13,14,16). The molecule has 0 aromatic heterocycles. The lowest BCUT2D eigenvalue weighted by Gasteiger charge is -2.07. The molecule has 0 saturated carbocycles. The van der Waals surface area contributed by atoms with Gasteiger partial charge in [0, 0.05) is 13.1 Å². The van der Waals surface area contributed by atoms with Crippen molar-refractivity contribution in [3.8, 4) is 5.75 Å². The van der Waals surface area contributed by atoms with E-state index in [2.05, 4.69) is 10.6 Å². The largest absolute Gasteiger partial charge is 0.508 e. The summed E-state index contributed by atoms with van der Waals surface area (Å²) in [5.74, 6) is 0.276. The van der Waals surface area contributed by atoms with Crippen molar-refractivity contribution < 1.29 is 9.90 Å². The lowest BCUT2D eigenvalue weighted by atomic mass is 10.1. The highest BCUT2D eigenvalue weighted by Crippen LogP contribution is 2.15. The Kier molecular flexibility index (Phi) is 5.19. The minimum atomic E-state index is -0.155. The Morgan fingerprint density at radius 3 is 2.62 bits per heavy atom. The molecule has 88 valence electrons. The summed E-state index contributed by atoms with van der Waals surface area (Å²) >= 11 is 0. The maximum absolute atomic E-state index is 11.2. The second-order valence-electron chi connectivity index (χ2n) is 3.56. The van der Waals surface area contributed by atoms with Crippen molar-refractivity contribution in [1.29, 1.82) is 0 Å². The minimum absolute atomic E-state index is 0.155. The summed E-state index contributed by atoms with van der Waals surface area (Å²) in [6, 6.07) is 6.98. The minimum Gasteiger partial charge on any atom is -0.508 e. The third-order valence-electron chi connectivity index (χ3n) is 2.21. The number of hydrogen-bond donors (Lipinski definition) is 3. The molecule has 4 nitrogen and oxygen atoms in total. The SMILES string of the molecule is CCCNC(=O)NCCc1ccccc1O. The van der Waals surface area contributed by atoms with Gasteiger partial charge >= 0.3 is 6.03 Å². The molecule has 0 spiro atoms. The van der Waals surface area contributed by atoms with Crippen molar-refractivity contribution >= 4 is 6.03 Å². The molecule has 1 aromatic rings. The van der Waals surface area contributed by atoms with Gasteiger partial charge in [0.2, 0.25) is 0 Å². The van der Waals surface area contributed by atoms with E-state index in [-0.39, 0.29) is 11.8 Å². The van der Waals surface area contributed by atoms with Crippen molar-refractivity contribution in [2.24, 2.45) is 0 Å². The molecule has 3 N–H and O–H groups in total. The number of benzene rings is 1. The molecule has 0 atom stereocenters. The fraction of sp³-hybridized carbons (Fsp3) is 0.417. The second kappa shape index (κ2) is 6.71. The van der Waals surface area contributed by atoms with E-state index in [9.17, 15) is 9.90 Å². The molecule has 1 aromatic carbocycles. The molecule has 0 heterocycles. The molecule has 1 rings (SSSR count). The fourth-order valence-electron chi connectivity index (χ4n) is 1.33. The van der Waals surface area contributed by atoms with Crippen molar-refractivity contribution in [2.45, 2.75) is 19.8 Å². The number of carbonyl (C=O) groups is 1. The molecule has 4 heteroatoms. The lowest BCUT2D eigenvalue weighted by Crippen LogP contribution is -2.36. The number of phenolic OH excluding ortho intramolecular Hbond substituents is 1. The number of rotatable bonds is 5. The van der Waals surface area contributed by atoms with E-state index in [1.807, 2.05) is 19.1 Å². The van der Waals surface area contributed by atoms with Gasteiger partial charge in [0.05, 0.1) is 0 Å². The van der Waals surface area contributed by atoms with Crippen LogP contribution in [0.25, 0.3) is 0 Å². The van der Waals surface area contributed by atoms with Gasteiger partial charge in [0.25, 0.3) is 0 Å². The number of phenols is 1. The molecule has 0 unspecified atom stereocenters. The van der Waals surface area contributed by atoms with Gasteiger partial charge in [-0.2, -0.15) is 0 Å². The van der Waals surface area contributed by atoms with E-state index in [1.54, 1.807) is 12.1 Å². The molecule has 0 bridgehead atoms. The summed E-state index contributed by atoms with van der Waals surface area (Å²) in [6.45, 7) is 3.21. The van der Waals surface area contributed by atoms with Gasteiger partial charge in [-0.25, -0.2) is 4.79 Å². The van der Waals surface area contributed by atoms with Crippen molar-refractivity contribution in [3.05, 3.63) is 29.8 Å². The van der Waals surface area contributed by atoms with Gasteiger partial charge in [-0.1, -0.05) is 25.1 Å². The summed E-state index contributed by atoms with van der Waals surface area (Å²) in [5.41, 5.74) is 0.846. The van der Waals surface area contributed by atoms with E-state index in [4.69, 9.17) is 0 Å². The Balaban J connectivity index is 2.25. The number of carbonyl (C=O) groups excluding carboxylic acids is 1. The summed E-state index contributed by atoms with van der Waals surface area (Å²) in [6.07, 6.45) is 1.55. The van der Waals surface area contributed by atoms with Crippen LogP contribution in [0.2, 0.25) is 0 Å². The zero-order valence-corrected chi connectivity index (χ0v) is 9.49. The first-order valence-corrected chi connectivity index (χ1v) is 5.52. The van der Waals surface area contributed by atoms with E-state index >= 15 is 0 Å². The molecule has 0 aliphatic carbocycles. The molecule has 0 fully saturated rings. The molecule has 0 aliphatic rings. The highest BCUT2D eigenvalue weighted by Gasteiger charge is 2.01. The fourth-order valence-corrected chi connectivity index (χ4v) is 1.33.